The largest absolute Gasteiger partial charge is 0.369 e. The van der Waals surface area contributed by atoms with Crippen LogP contribution in [0.1, 0.15) is 32.8 Å². The summed E-state index contributed by atoms with van der Waals surface area (Å²) in [5.74, 6) is 0.678. The standard InChI is InChI=1S/C22H28N6OS/c1-4-12-24-20-18-15-25-28(21(18)27-22(26-20)30-16(2)3)14-13-23-19(29)11-10-17-8-6-5-7-9-17/h5-11,15-16H,4,12-14H2,1-3H3,(H,23,29)(H,24,26,27)/b11-10-. The van der Waals surface area contributed by atoms with Gasteiger partial charge in [0.1, 0.15) is 5.82 Å². The Morgan fingerprint density at radius 1 is 1.20 bits per heavy atom. The lowest BCUT2D eigenvalue weighted by atomic mass is 10.2. The van der Waals surface area contributed by atoms with Crippen molar-refractivity contribution in [2.24, 2.45) is 0 Å². The fourth-order valence-electron chi connectivity index (χ4n) is 2.82. The number of hydrogen-bond donors (Lipinski definition) is 2. The molecule has 0 fully saturated rings. The number of nitrogens with zero attached hydrogens (tertiary/aromatic N) is 4. The highest BCUT2D eigenvalue weighted by Crippen LogP contribution is 2.26. The first kappa shape index (κ1) is 21.8. The highest BCUT2D eigenvalue weighted by Gasteiger charge is 2.14. The number of benzene rings is 1. The van der Waals surface area contributed by atoms with Crippen molar-refractivity contribution < 1.29 is 4.79 Å². The van der Waals surface area contributed by atoms with Crippen LogP contribution in [0.4, 0.5) is 5.82 Å². The van der Waals surface area contributed by atoms with Crippen molar-refractivity contribution in [1.82, 2.24) is 25.1 Å². The molecular weight excluding hydrogens is 396 g/mol. The third kappa shape index (κ3) is 6.06. The fraction of sp³-hybridized carbons (Fsp3) is 0.364. The summed E-state index contributed by atoms with van der Waals surface area (Å²) in [6, 6.07) is 9.74. The van der Waals surface area contributed by atoms with Crippen molar-refractivity contribution in [3.8, 4) is 0 Å². The van der Waals surface area contributed by atoms with E-state index in [1.54, 1.807) is 30.1 Å². The Hall–Kier alpha value is -2.87. The van der Waals surface area contributed by atoms with Crippen LogP contribution in [0.2, 0.25) is 0 Å². The van der Waals surface area contributed by atoms with E-state index in [2.05, 4.69) is 41.5 Å². The second-order valence-electron chi connectivity index (χ2n) is 7.09. The highest BCUT2D eigenvalue weighted by atomic mass is 32.2. The van der Waals surface area contributed by atoms with Crippen LogP contribution in [0.25, 0.3) is 17.1 Å². The Morgan fingerprint density at radius 2 is 2.00 bits per heavy atom. The molecule has 0 saturated carbocycles. The molecule has 8 heteroatoms. The topological polar surface area (TPSA) is 84.7 Å². The third-order valence-electron chi connectivity index (χ3n) is 4.21. The van der Waals surface area contributed by atoms with Gasteiger partial charge in [-0.2, -0.15) is 5.10 Å². The molecule has 3 rings (SSSR count). The van der Waals surface area contributed by atoms with E-state index in [-0.39, 0.29) is 5.91 Å². The zero-order chi connectivity index (χ0) is 21.3. The predicted molar refractivity (Wildman–Crippen MR) is 124 cm³/mol. The van der Waals surface area contributed by atoms with Crippen molar-refractivity contribution in [3.63, 3.8) is 0 Å². The molecule has 0 radical (unpaired) electrons. The second-order valence-corrected chi connectivity index (χ2v) is 8.63. The maximum atomic E-state index is 12.1. The van der Waals surface area contributed by atoms with Gasteiger partial charge in [0.15, 0.2) is 10.8 Å². The summed E-state index contributed by atoms with van der Waals surface area (Å²) in [5.41, 5.74) is 1.77. The number of rotatable bonds is 10. The van der Waals surface area contributed by atoms with Crippen LogP contribution in [0.15, 0.2) is 47.8 Å². The zero-order valence-corrected chi connectivity index (χ0v) is 18.4. The molecule has 1 amide bonds. The van der Waals surface area contributed by atoms with Crippen molar-refractivity contribution >= 4 is 40.6 Å². The maximum absolute atomic E-state index is 12.1. The molecule has 0 aliphatic carbocycles. The maximum Gasteiger partial charge on any atom is 0.244 e. The number of amides is 1. The molecule has 0 aliphatic heterocycles. The second kappa shape index (κ2) is 10.8. The first-order valence-corrected chi connectivity index (χ1v) is 11.1. The van der Waals surface area contributed by atoms with Crippen LogP contribution >= 0.6 is 11.8 Å². The zero-order valence-electron chi connectivity index (χ0n) is 17.6. The van der Waals surface area contributed by atoms with Gasteiger partial charge in [-0.1, -0.05) is 62.9 Å². The average Bonchev–Trinajstić information content (AvgIpc) is 3.14. The monoisotopic (exact) mass is 424 g/mol. The number of thioether (sulfide) groups is 1. The number of anilines is 1. The molecule has 0 spiro atoms. The van der Waals surface area contributed by atoms with E-state index >= 15 is 0 Å². The van der Waals surface area contributed by atoms with E-state index in [0.717, 1.165) is 40.5 Å². The molecule has 30 heavy (non-hydrogen) atoms. The Bertz CT molecular complexity index is 1000. The summed E-state index contributed by atoms with van der Waals surface area (Å²) >= 11 is 1.62. The molecular formula is C22H28N6OS. The number of aromatic nitrogens is 4. The van der Waals surface area contributed by atoms with E-state index in [9.17, 15) is 4.79 Å². The van der Waals surface area contributed by atoms with E-state index in [0.29, 0.717) is 18.3 Å². The summed E-state index contributed by atoms with van der Waals surface area (Å²) in [6.07, 6.45) is 6.14. The number of nitrogens with one attached hydrogen (secondary N) is 2. The smallest absolute Gasteiger partial charge is 0.244 e. The molecule has 0 unspecified atom stereocenters. The minimum atomic E-state index is -0.133. The molecule has 7 nitrogen and oxygen atoms in total. The van der Waals surface area contributed by atoms with Crippen LogP contribution < -0.4 is 10.6 Å². The summed E-state index contributed by atoms with van der Waals surface area (Å²) < 4.78 is 1.82. The average molecular weight is 425 g/mol. The van der Waals surface area contributed by atoms with Crippen molar-refractivity contribution in [3.05, 3.63) is 48.2 Å². The van der Waals surface area contributed by atoms with Crippen LogP contribution in [-0.2, 0) is 11.3 Å². The molecule has 2 aromatic heterocycles. The molecule has 3 aromatic rings. The Kier molecular flexibility index (Phi) is 7.84. The summed E-state index contributed by atoms with van der Waals surface area (Å²) in [6.45, 7) is 8.19. The molecule has 0 saturated heterocycles. The summed E-state index contributed by atoms with van der Waals surface area (Å²) in [5, 5.41) is 12.8. The number of fused-ring (bicyclic) bond motifs is 1. The molecule has 1 aromatic carbocycles. The highest BCUT2D eigenvalue weighted by molar-refractivity contribution is 7.99. The first-order valence-electron chi connectivity index (χ1n) is 10.2. The number of carbonyl (C=O) groups is 1. The quantitative estimate of drug-likeness (QED) is 0.291. The molecule has 0 bridgehead atoms. The predicted octanol–water partition coefficient (Wildman–Crippen LogP) is 3.98. The van der Waals surface area contributed by atoms with Crippen molar-refractivity contribution in [1.29, 1.82) is 0 Å². The lowest BCUT2D eigenvalue weighted by molar-refractivity contribution is -0.116. The van der Waals surface area contributed by atoms with E-state index in [4.69, 9.17) is 4.98 Å². The van der Waals surface area contributed by atoms with Gasteiger partial charge in [-0.05, 0) is 18.1 Å². The van der Waals surface area contributed by atoms with Gasteiger partial charge in [-0.3, -0.25) is 4.79 Å². The molecule has 0 atom stereocenters. The molecule has 158 valence electrons. The van der Waals surface area contributed by atoms with Gasteiger partial charge < -0.3 is 10.6 Å². The Morgan fingerprint density at radius 3 is 2.73 bits per heavy atom. The van der Waals surface area contributed by atoms with Crippen LogP contribution in [0, 0.1) is 0 Å². The Balaban J connectivity index is 1.68. The van der Waals surface area contributed by atoms with E-state index < -0.39 is 0 Å². The SMILES string of the molecule is CCCNc1nc(SC(C)C)nc2c1cnn2CCNC(=O)/C=C\c1ccccc1. The van der Waals surface area contributed by atoms with Gasteiger partial charge >= 0.3 is 0 Å². The third-order valence-corrected chi connectivity index (χ3v) is 5.07. The van der Waals surface area contributed by atoms with Gasteiger partial charge in [-0.25, -0.2) is 14.6 Å². The van der Waals surface area contributed by atoms with Gasteiger partial charge in [-0.15, -0.1) is 0 Å². The lowest BCUT2D eigenvalue weighted by Crippen LogP contribution is -2.25. The first-order chi connectivity index (χ1) is 14.6. The van der Waals surface area contributed by atoms with E-state index in [1.807, 2.05) is 35.0 Å². The van der Waals surface area contributed by atoms with Crippen LogP contribution in [-0.4, -0.2) is 44.0 Å². The Labute approximate surface area is 181 Å². The molecule has 2 N–H and O–H groups in total. The summed E-state index contributed by atoms with van der Waals surface area (Å²) in [4.78, 5) is 21.5. The molecule has 2 heterocycles. The van der Waals surface area contributed by atoms with Gasteiger partial charge in [0.05, 0.1) is 18.1 Å². The fourth-order valence-corrected chi connectivity index (χ4v) is 3.53. The van der Waals surface area contributed by atoms with E-state index in [1.165, 1.54) is 0 Å². The number of hydrogen-bond acceptors (Lipinski definition) is 6. The normalized spacial score (nSPS) is 11.5. The van der Waals surface area contributed by atoms with Crippen LogP contribution in [0.3, 0.4) is 0 Å². The molecule has 0 aliphatic rings. The summed E-state index contributed by atoms with van der Waals surface area (Å²) in [7, 11) is 0. The van der Waals surface area contributed by atoms with Crippen molar-refractivity contribution in [2.75, 3.05) is 18.4 Å². The van der Waals surface area contributed by atoms with Crippen LogP contribution in [0.5, 0.6) is 0 Å². The van der Waals surface area contributed by atoms with Gasteiger partial charge in [0.2, 0.25) is 5.91 Å². The minimum absolute atomic E-state index is 0.133. The number of carbonyl (C=O) groups excluding carboxylic acids is 1. The van der Waals surface area contributed by atoms with Gasteiger partial charge in [0, 0.05) is 24.4 Å². The lowest BCUT2D eigenvalue weighted by Gasteiger charge is -2.10. The van der Waals surface area contributed by atoms with Gasteiger partial charge in [0.25, 0.3) is 0 Å². The van der Waals surface area contributed by atoms with Crippen molar-refractivity contribution in [2.45, 2.75) is 44.1 Å². The minimum Gasteiger partial charge on any atom is -0.369 e.